The number of aliphatic hydroxyl groups is 1. The van der Waals surface area contributed by atoms with E-state index in [1.54, 1.807) is 6.92 Å². The molecule has 4 unspecified atom stereocenters. The van der Waals surface area contributed by atoms with Crippen LogP contribution < -0.4 is 11.5 Å². The standard InChI is InChI=1S/C12H22N2O3.C7H10O2.C3H7N/c1-2-3-4-5-6-11(16)14-8-9(15)7-10(14)12(13)17;1-3-5-4-6(5)7(8)9-2;1-3(2)4/h9-10,15H,2-8H2,1H3,(H2,13,17);3,5-6H,1,4H2,2H3;1,4H2,2H3. The first-order chi connectivity index (χ1) is 14.1. The van der Waals surface area contributed by atoms with Crippen LogP contribution in [0.5, 0.6) is 0 Å². The average Bonchev–Trinajstić information content (AvgIpc) is 3.37. The zero-order valence-electron chi connectivity index (χ0n) is 18.6. The number of aliphatic hydroxyl groups excluding tert-OH is 1. The molecule has 172 valence electrons. The summed E-state index contributed by atoms with van der Waals surface area (Å²) in [6.07, 6.45) is 6.94. The molecule has 1 aliphatic carbocycles. The van der Waals surface area contributed by atoms with E-state index >= 15 is 0 Å². The van der Waals surface area contributed by atoms with Gasteiger partial charge in [0.25, 0.3) is 0 Å². The lowest BCUT2D eigenvalue weighted by Gasteiger charge is -2.21. The molecule has 1 saturated heterocycles. The monoisotopic (exact) mass is 425 g/mol. The molecule has 0 bridgehead atoms. The third-order valence-electron chi connectivity index (χ3n) is 4.82. The average molecular weight is 426 g/mol. The van der Waals surface area contributed by atoms with Crippen LogP contribution in [-0.4, -0.2) is 53.6 Å². The number of allylic oxidation sites excluding steroid dienone is 2. The Kier molecular flexibility index (Phi) is 13.5. The first-order valence-corrected chi connectivity index (χ1v) is 10.5. The lowest BCUT2D eigenvalue weighted by atomic mass is 10.1. The van der Waals surface area contributed by atoms with Gasteiger partial charge in [-0.25, -0.2) is 0 Å². The fourth-order valence-electron chi connectivity index (χ4n) is 3.10. The smallest absolute Gasteiger partial charge is 0.309 e. The van der Waals surface area contributed by atoms with E-state index in [0.29, 0.717) is 18.0 Å². The number of β-amino-alcohol motifs (C(OH)–C–C–N with tert-alkyl or cyclic N) is 1. The molecule has 0 radical (unpaired) electrons. The van der Waals surface area contributed by atoms with Gasteiger partial charge in [-0.2, -0.15) is 0 Å². The van der Waals surface area contributed by atoms with Crippen LogP contribution in [0.4, 0.5) is 0 Å². The highest BCUT2D eigenvalue weighted by Gasteiger charge is 2.41. The van der Waals surface area contributed by atoms with Gasteiger partial charge < -0.3 is 26.2 Å². The molecule has 0 spiro atoms. The van der Waals surface area contributed by atoms with Gasteiger partial charge >= 0.3 is 5.97 Å². The summed E-state index contributed by atoms with van der Waals surface area (Å²) in [4.78, 5) is 35.1. The molecule has 0 aromatic heterocycles. The van der Waals surface area contributed by atoms with Crippen molar-refractivity contribution < 1.29 is 24.2 Å². The van der Waals surface area contributed by atoms with E-state index in [9.17, 15) is 19.5 Å². The van der Waals surface area contributed by atoms with Gasteiger partial charge in [0.2, 0.25) is 11.8 Å². The van der Waals surface area contributed by atoms with Gasteiger partial charge in [0.1, 0.15) is 6.04 Å². The quantitative estimate of drug-likeness (QED) is 0.308. The van der Waals surface area contributed by atoms with E-state index in [2.05, 4.69) is 24.8 Å². The summed E-state index contributed by atoms with van der Waals surface area (Å²) >= 11 is 0. The minimum Gasteiger partial charge on any atom is -0.469 e. The van der Waals surface area contributed by atoms with E-state index in [4.69, 9.17) is 11.5 Å². The van der Waals surface area contributed by atoms with Crippen LogP contribution in [0.3, 0.4) is 0 Å². The molecule has 2 fully saturated rings. The van der Waals surface area contributed by atoms with Crippen LogP contribution in [-0.2, 0) is 19.1 Å². The first kappa shape index (κ1) is 27.6. The molecule has 30 heavy (non-hydrogen) atoms. The highest BCUT2D eigenvalue weighted by atomic mass is 16.5. The maximum Gasteiger partial charge on any atom is 0.309 e. The van der Waals surface area contributed by atoms with Crippen molar-refractivity contribution in [2.45, 2.75) is 70.9 Å². The number of nitrogens with zero attached hydrogens (tertiary/aromatic N) is 1. The second-order valence-corrected chi connectivity index (χ2v) is 7.78. The molecule has 1 heterocycles. The second-order valence-electron chi connectivity index (χ2n) is 7.78. The number of methoxy groups -OCH3 is 1. The van der Waals surface area contributed by atoms with Crippen LogP contribution in [0.1, 0.15) is 58.8 Å². The number of hydrogen-bond donors (Lipinski definition) is 3. The summed E-state index contributed by atoms with van der Waals surface area (Å²) in [7, 11) is 1.42. The molecule has 2 aliphatic rings. The fraction of sp³-hybridized carbons (Fsp3) is 0.682. The van der Waals surface area contributed by atoms with Crippen LogP contribution in [0.25, 0.3) is 0 Å². The zero-order chi connectivity index (χ0) is 23.3. The van der Waals surface area contributed by atoms with Crippen molar-refractivity contribution in [1.29, 1.82) is 0 Å². The van der Waals surface area contributed by atoms with Gasteiger partial charge in [-0.05, 0) is 31.4 Å². The number of nitrogens with two attached hydrogens (primary N) is 2. The predicted molar refractivity (Wildman–Crippen MR) is 117 cm³/mol. The Morgan fingerprint density at radius 3 is 2.23 bits per heavy atom. The Balaban J connectivity index is 0.000000537. The third kappa shape index (κ3) is 11.0. The maximum atomic E-state index is 11.9. The summed E-state index contributed by atoms with van der Waals surface area (Å²) in [5.41, 5.74) is 10.8. The molecule has 0 aromatic rings. The molecular formula is C22H39N3O5. The number of carbonyl (C=O) groups is 3. The number of likely N-dealkylation sites (tertiary alicyclic amines) is 1. The summed E-state index contributed by atoms with van der Waals surface area (Å²) in [5, 5.41) is 9.48. The van der Waals surface area contributed by atoms with E-state index < -0.39 is 18.1 Å². The normalized spacial score (nSPS) is 23.8. The van der Waals surface area contributed by atoms with Gasteiger partial charge in [-0.15, -0.1) is 6.58 Å². The minimum atomic E-state index is -0.622. The first-order valence-electron chi connectivity index (χ1n) is 10.5. The van der Waals surface area contributed by atoms with Gasteiger partial charge in [-0.1, -0.05) is 38.8 Å². The van der Waals surface area contributed by atoms with E-state index in [1.165, 1.54) is 12.0 Å². The predicted octanol–water partition coefficient (Wildman–Crippen LogP) is 1.86. The fourth-order valence-corrected chi connectivity index (χ4v) is 3.10. The topological polar surface area (TPSA) is 136 Å². The third-order valence-corrected chi connectivity index (χ3v) is 4.82. The van der Waals surface area contributed by atoms with Gasteiger partial charge in [-0.3, -0.25) is 14.4 Å². The van der Waals surface area contributed by atoms with E-state index in [1.807, 2.05) is 6.08 Å². The van der Waals surface area contributed by atoms with Crippen molar-refractivity contribution in [3.8, 4) is 0 Å². The number of amides is 2. The lowest BCUT2D eigenvalue weighted by Crippen LogP contribution is -2.43. The zero-order valence-corrected chi connectivity index (χ0v) is 18.6. The van der Waals surface area contributed by atoms with Crippen molar-refractivity contribution in [3.05, 3.63) is 24.9 Å². The van der Waals surface area contributed by atoms with Gasteiger partial charge in [0.15, 0.2) is 0 Å². The summed E-state index contributed by atoms with van der Waals surface area (Å²) in [6.45, 7) is 11.0. The molecule has 8 nitrogen and oxygen atoms in total. The Labute approximate surface area is 180 Å². The Morgan fingerprint density at radius 1 is 1.20 bits per heavy atom. The Morgan fingerprint density at radius 2 is 1.80 bits per heavy atom. The second kappa shape index (κ2) is 14.6. The number of ether oxygens (including phenoxy) is 1. The van der Waals surface area contributed by atoms with Gasteiger partial charge in [0, 0.05) is 19.4 Å². The van der Waals surface area contributed by atoms with Crippen LogP contribution in [0.2, 0.25) is 0 Å². The number of rotatable bonds is 8. The van der Waals surface area contributed by atoms with Gasteiger partial charge in [0.05, 0.1) is 19.1 Å². The largest absolute Gasteiger partial charge is 0.469 e. The van der Waals surface area contributed by atoms with Crippen molar-refractivity contribution >= 4 is 17.8 Å². The van der Waals surface area contributed by atoms with Crippen molar-refractivity contribution in [2.75, 3.05) is 13.7 Å². The Bertz CT molecular complexity index is 589. The highest BCUT2D eigenvalue weighted by molar-refractivity contribution is 5.87. The molecule has 1 aliphatic heterocycles. The Hall–Kier alpha value is -2.35. The minimum absolute atomic E-state index is 0.0681. The van der Waals surface area contributed by atoms with Crippen LogP contribution >= 0.6 is 0 Å². The SMILES string of the molecule is C=C(C)N.C=CC1CC1C(=O)OC.CCCCCCC(=O)N1CC(O)CC1C(N)=O. The number of hydrogen-bond acceptors (Lipinski definition) is 6. The van der Waals surface area contributed by atoms with Crippen LogP contribution in [0.15, 0.2) is 24.9 Å². The van der Waals surface area contributed by atoms with E-state index in [0.717, 1.165) is 32.1 Å². The molecule has 4 atom stereocenters. The summed E-state index contributed by atoms with van der Waals surface area (Å²) in [5.74, 6) is -0.185. The molecule has 0 aromatic carbocycles. The summed E-state index contributed by atoms with van der Waals surface area (Å²) < 4.78 is 4.52. The van der Waals surface area contributed by atoms with Crippen molar-refractivity contribution in [3.63, 3.8) is 0 Å². The number of esters is 1. The van der Waals surface area contributed by atoms with E-state index in [-0.39, 0.29) is 30.8 Å². The lowest BCUT2D eigenvalue weighted by molar-refractivity contribution is -0.142. The molecule has 1 saturated carbocycles. The highest BCUT2D eigenvalue weighted by Crippen LogP contribution is 2.39. The maximum absolute atomic E-state index is 11.9. The molecular weight excluding hydrogens is 386 g/mol. The molecule has 5 N–H and O–H groups in total. The number of unbranched alkanes of at least 4 members (excludes halogenated alkanes) is 3. The molecule has 2 rings (SSSR count). The number of primary amides is 1. The molecule has 2 amide bonds. The van der Waals surface area contributed by atoms with Crippen molar-refractivity contribution in [2.24, 2.45) is 23.3 Å². The number of carbonyl (C=O) groups excluding carboxylic acids is 3. The summed E-state index contributed by atoms with van der Waals surface area (Å²) in [6, 6.07) is -0.622. The van der Waals surface area contributed by atoms with Crippen molar-refractivity contribution in [1.82, 2.24) is 4.90 Å². The van der Waals surface area contributed by atoms with Crippen LogP contribution in [0, 0.1) is 11.8 Å². The molecule has 8 heteroatoms.